The second kappa shape index (κ2) is 5.25. The van der Waals surface area contributed by atoms with Gasteiger partial charge in [-0.05, 0) is 6.42 Å². The van der Waals surface area contributed by atoms with Crippen molar-refractivity contribution in [2.75, 3.05) is 13.2 Å². The monoisotopic (exact) mass is 188 g/mol. The molecule has 0 fully saturated rings. The normalized spacial score (nSPS) is 13.9. The number of ether oxygens (including phenoxy) is 1. The van der Waals surface area contributed by atoms with E-state index in [9.17, 15) is 0 Å². The van der Waals surface area contributed by atoms with Crippen LogP contribution in [-0.4, -0.2) is 29.5 Å². The Kier molecular flexibility index (Phi) is 5.03. The van der Waals surface area contributed by atoms with E-state index < -0.39 is 6.10 Å². The Morgan fingerprint density at radius 1 is 1.54 bits per heavy atom. The Morgan fingerprint density at radius 2 is 2.08 bits per heavy atom. The lowest BCUT2D eigenvalue weighted by atomic mass is 9.88. The van der Waals surface area contributed by atoms with E-state index in [1.807, 2.05) is 13.8 Å². The van der Waals surface area contributed by atoms with Gasteiger partial charge in [-0.15, -0.1) is 0 Å². The average Bonchev–Trinajstić information content (AvgIpc) is 2.13. The van der Waals surface area contributed by atoms with Gasteiger partial charge in [0.1, 0.15) is 12.7 Å². The first kappa shape index (κ1) is 12.5. The zero-order chi connectivity index (χ0) is 10.5. The van der Waals surface area contributed by atoms with Crippen LogP contribution in [0.5, 0.6) is 0 Å². The highest BCUT2D eigenvalue weighted by molar-refractivity contribution is 4.97. The number of aliphatic hydroxyl groups excluding tert-OH is 2. The molecule has 2 N–H and O–H groups in total. The van der Waals surface area contributed by atoms with Crippen LogP contribution in [0.2, 0.25) is 0 Å². The minimum atomic E-state index is -0.815. The van der Waals surface area contributed by atoms with E-state index in [0.717, 1.165) is 6.42 Å². The van der Waals surface area contributed by atoms with E-state index in [1.165, 1.54) is 0 Å². The summed E-state index contributed by atoms with van der Waals surface area (Å²) in [5, 5.41) is 17.6. The van der Waals surface area contributed by atoms with Gasteiger partial charge in [0.15, 0.2) is 0 Å². The molecule has 0 radical (unpaired) electrons. The van der Waals surface area contributed by atoms with E-state index in [0.29, 0.717) is 5.76 Å². The van der Waals surface area contributed by atoms with Crippen molar-refractivity contribution in [1.29, 1.82) is 0 Å². The molecule has 0 heterocycles. The molecule has 0 spiro atoms. The topological polar surface area (TPSA) is 49.7 Å². The maximum absolute atomic E-state index is 9.03. The quantitative estimate of drug-likeness (QED) is 0.618. The van der Waals surface area contributed by atoms with Gasteiger partial charge in [-0.2, -0.15) is 0 Å². The second-order valence-electron chi connectivity index (χ2n) is 3.81. The molecule has 78 valence electrons. The Morgan fingerprint density at radius 3 is 2.46 bits per heavy atom. The Hall–Kier alpha value is -0.540. The summed E-state index contributed by atoms with van der Waals surface area (Å²) in [5.74, 6) is 0.655. The molecule has 0 saturated carbocycles. The zero-order valence-electron chi connectivity index (χ0n) is 8.71. The first-order chi connectivity index (χ1) is 5.94. The predicted molar refractivity (Wildman–Crippen MR) is 52.3 cm³/mol. The van der Waals surface area contributed by atoms with Crippen LogP contribution in [0.25, 0.3) is 0 Å². The lowest BCUT2D eigenvalue weighted by Crippen LogP contribution is -2.23. The third kappa shape index (κ3) is 4.29. The molecule has 0 aliphatic heterocycles. The summed E-state index contributed by atoms with van der Waals surface area (Å²) in [6.45, 7) is 9.73. The van der Waals surface area contributed by atoms with Crippen LogP contribution >= 0.6 is 0 Å². The fourth-order valence-corrected chi connectivity index (χ4v) is 0.642. The lowest BCUT2D eigenvalue weighted by Gasteiger charge is -2.26. The first-order valence-electron chi connectivity index (χ1n) is 4.55. The minimum absolute atomic E-state index is 0.0742. The van der Waals surface area contributed by atoms with Crippen molar-refractivity contribution >= 4 is 0 Å². The summed E-state index contributed by atoms with van der Waals surface area (Å²) in [6.07, 6.45) is 0.116. The molecule has 3 heteroatoms. The standard InChI is InChI=1S/C10H20O3/c1-5-10(3,4)8(2)13-7-9(12)6-11/h9,11-12H,2,5-7H2,1,3-4H3. The molecule has 0 aromatic carbocycles. The van der Waals surface area contributed by atoms with E-state index in [-0.39, 0.29) is 18.6 Å². The van der Waals surface area contributed by atoms with Gasteiger partial charge in [0.05, 0.1) is 12.4 Å². The molecule has 1 unspecified atom stereocenters. The van der Waals surface area contributed by atoms with Crippen molar-refractivity contribution in [2.45, 2.75) is 33.3 Å². The Balaban J connectivity index is 3.88. The van der Waals surface area contributed by atoms with Gasteiger partial charge >= 0.3 is 0 Å². The summed E-state index contributed by atoms with van der Waals surface area (Å²) in [6, 6.07) is 0. The third-order valence-corrected chi connectivity index (χ3v) is 2.30. The summed E-state index contributed by atoms with van der Waals surface area (Å²) in [7, 11) is 0. The van der Waals surface area contributed by atoms with E-state index in [2.05, 4.69) is 13.5 Å². The van der Waals surface area contributed by atoms with Gasteiger partial charge in [-0.25, -0.2) is 0 Å². The number of hydrogen-bond acceptors (Lipinski definition) is 3. The van der Waals surface area contributed by atoms with Gasteiger partial charge in [0, 0.05) is 5.41 Å². The van der Waals surface area contributed by atoms with Crippen LogP contribution in [0.3, 0.4) is 0 Å². The summed E-state index contributed by atoms with van der Waals surface area (Å²) >= 11 is 0. The minimum Gasteiger partial charge on any atom is -0.495 e. The SMILES string of the molecule is C=C(OCC(O)CO)C(C)(C)CC. The molecule has 0 aromatic heterocycles. The fourth-order valence-electron chi connectivity index (χ4n) is 0.642. The molecule has 0 aromatic rings. The van der Waals surface area contributed by atoms with Gasteiger partial charge in [0.2, 0.25) is 0 Å². The van der Waals surface area contributed by atoms with Crippen molar-refractivity contribution in [1.82, 2.24) is 0 Å². The van der Waals surface area contributed by atoms with Crippen LogP contribution in [0, 0.1) is 5.41 Å². The summed E-state index contributed by atoms with van der Waals surface area (Å²) in [5.41, 5.74) is -0.0742. The highest BCUT2D eigenvalue weighted by Gasteiger charge is 2.21. The number of allylic oxidation sites excluding steroid dienone is 1. The van der Waals surface area contributed by atoms with E-state index >= 15 is 0 Å². The van der Waals surface area contributed by atoms with Crippen LogP contribution in [0.15, 0.2) is 12.3 Å². The van der Waals surface area contributed by atoms with Crippen molar-refractivity contribution in [3.05, 3.63) is 12.3 Å². The molecule has 0 aliphatic carbocycles. The van der Waals surface area contributed by atoms with Gasteiger partial charge in [-0.1, -0.05) is 27.4 Å². The highest BCUT2D eigenvalue weighted by Crippen LogP contribution is 2.29. The second-order valence-corrected chi connectivity index (χ2v) is 3.81. The van der Waals surface area contributed by atoms with Gasteiger partial charge in [-0.3, -0.25) is 0 Å². The lowest BCUT2D eigenvalue weighted by molar-refractivity contribution is 0.0164. The molecular weight excluding hydrogens is 168 g/mol. The maximum atomic E-state index is 9.03. The maximum Gasteiger partial charge on any atom is 0.116 e. The van der Waals surface area contributed by atoms with Crippen molar-refractivity contribution < 1.29 is 14.9 Å². The molecule has 0 amide bonds. The first-order valence-corrected chi connectivity index (χ1v) is 4.55. The molecule has 13 heavy (non-hydrogen) atoms. The van der Waals surface area contributed by atoms with Crippen LogP contribution in [0.4, 0.5) is 0 Å². The largest absolute Gasteiger partial charge is 0.495 e. The molecule has 0 rings (SSSR count). The van der Waals surface area contributed by atoms with Crippen LogP contribution in [0.1, 0.15) is 27.2 Å². The smallest absolute Gasteiger partial charge is 0.116 e. The van der Waals surface area contributed by atoms with Gasteiger partial charge in [0.25, 0.3) is 0 Å². The van der Waals surface area contributed by atoms with Gasteiger partial charge < -0.3 is 14.9 Å². The number of rotatable bonds is 6. The van der Waals surface area contributed by atoms with E-state index in [4.69, 9.17) is 14.9 Å². The van der Waals surface area contributed by atoms with Crippen LogP contribution in [-0.2, 0) is 4.74 Å². The molecular formula is C10H20O3. The van der Waals surface area contributed by atoms with Crippen molar-refractivity contribution in [2.24, 2.45) is 5.41 Å². The van der Waals surface area contributed by atoms with Crippen molar-refractivity contribution in [3.63, 3.8) is 0 Å². The van der Waals surface area contributed by atoms with Crippen molar-refractivity contribution in [3.8, 4) is 0 Å². The number of aliphatic hydroxyl groups is 2. The van der Waals surface area contributed by atoms with E-state index in [1.54, 1.807) is 0 Å². The fraction of sp³-hybridized carbons (Fsp3) is 0.800. The average molecular weight is 188 g/mol. The summed E-state index contributed by atoms with van der Waals surface area (Å²) < 4.78 is 5.25. The molecule has 3 nitrogen and oxygen atoms in total. The third-order valence-electron chi connectivity index (χ3n) is 2.30. The predicted octanol–water partition coefficient (Wildman–Crippen LogP) is 1.31. The summed E-state index contributed by atoms with van der Waals surface area (Å²) in [4.78, 5) is 0. The zero-order valence-corrected chi connectivity index (χ0v) is 8.71. The molecule has 0 bridgehead atoms. The molecule has 0 saturated heterocycles. The molecule has 1 atom stereocenters. The highest BCUT2D eigenvalue weighted by atomic mass is 16.5. The van der Waals surface area contributed by atoms with Crippen LogP contribution < -0.4 is 0 Å². The number of hydrogen-bond donors (Lipinski definition) is 2. The Labute approximate surface area is 80.0 Å². The molecule has 0 aliphatic rings. The Bertz CT molecular complexity index is 164.